The maximum Gasteiger partial charge on any atom is 0.222 e. The summed E-state index contributed by atoms with van der Waals surface area (Å²) in [6, 6.07) is 0. The van der Waals surface area contributed by atoms with Gasteiger partial charge in [0.1, 0.15) is 0 Å². The molecule has 0 aromatic heterocycles. The van der Waals surface area contributed by atoms with Crippen molar-refractivity contribution in [1.29, 1.82) is 0 Å². The number of rotatable bonds is 31. The van der Waals surface area contributed by atoms with Crippen LogP contribution in [0.25, 0.3) is 0 Å². The van der Waals surface area contributed by atoms with Crippen molar-refractivity contribution < 1.29 is 4.79 Å². The molecule has 0 atom stereocenters. The van der Waals surface area contributed by atoms with Crippen LogP contribution in [0, 0.1) is 5.92 Å². The Morgan fingerprint density at radius 1 is 0.447 bits per heavy atom. The summed E-state index contributed by atoms with van der Waals surface area (Å²) in [4.78, 5) is 14.0. The van der Waals surface area contributed by atoms with Gasteiger partial charge in [0, 0.05) is 20.0 Å². The summed E-state index contributed by atoms with van der Waals surface area (Å²) in [5.41, 5.74) is 0. The van der Waals surface area contributed by atoms with E-state index in [1.165, 1.54) is 167 Å². The Bertz CT molecular complexity index is 442. The van der Waals surface area contributed by atoms with Gasteiger partial charge in [0.15, 0.2) is 0 Å². The van der Waals surface area contributed by atoms with E-state index in [-0.39, 0.29) is 0 Å². The molecule has 0 fully saturated rings. The lowest BCUT2D eigenvalue weighted by molar-refractivity contribution is -0.130. The lowest BCUT2D eigenvalue weighted by atomic mass is 9.89. The molecule has 0 heterocycles. The highest BCUT2D eigenvalue weighted by atomic mass is 16.2. The normalized spacial score (nSPS) is 11.5. The monoisotopic (exact) mass is 536 g/mol. The molecule has 0 saturated heterocycles. The fourth-order valence-electron chi connectivity index (χ4n) is 5.88. The topological polar surface area (TPSA) is 20.3 Å². The van der Waals surface area contributed by atoms with Gasteiger partial charge in [-0.2, -0.15) is 0 Å². The molecular formula is C36H73NO. The Kier molecular flexibility index (Phi) is 30.6. The fraction of sp³-hybridized carbons (Fsp3) is 0.972. The van der Waals surface area contributed by atoms with Gasteiger partial charge in [-0.05, 0) is 18.8 Å². The first kappa shape index (κ1) is 37.5. The molecule has 0 unspecified atom stereocenters. The largest absolute Gasteiger partial charge is 0.346 e. The highest BCUT2D eigenvalue weighted by molar-refractivity contribution is 5.75. The molecule has 0 radical (unpaired) electrons. The van der Waals surface area contributed by atoms with E-state index in [0.29, 0.717) is 5.91 Å². The summed E-state index contributed by atoms with van der Waals surface area (Å²) < 4.78 is 0. The Hall–Kier alpha value is -0.530. The van der Waals surface area contributed by atoms with Crippen LogP contribution in [0.1, 0.15) is 207 Å². The number of nitrogens with zero attached hydrogens (tertiary/aromatic N) is 1. The van der Waals surface area contributed by atoms with Crippen LogP contribution in [-0.4, -0.2) is 24.4 Å². The van der Waals surface area contributed by atoms with Crippen molar-refractivity contribution in [3.63, 3.8) is 0 Å². The van der Waals surface area contributed by atoms with Crippen LogP contribution in [0.3, 0.4) is 0 Å². The first-order valence-corrected chi connectivity index (χ1v) is 17.9. The summed E-state index contributed by atoms with van der Waals surface area (Å²) in [6.45, 7) is 7.73. The molecule has 0 N–H and O–H groups in total. The van der Waals surface area contributed by atoms with E-state index < -0.39 is 0 Å². The lowest BCUT2D eigenvalue weighted by Gasteiger charge is -2.17. The number of carbonyl (C=O) groups is 1. The quantitative estimate of drug-likeness (QED) is 0.0808. The summed E-state index contributed by atoms with van der Waals surface area (Å²) in [7, 11) is 1.98. The van der Waals surface area contributed by atoms with E-state index >= 15 is 0 Å². The van der Waals surface area contributed by atoms with E-state index in [9.17, 15) is 4.79 Å². The van der Waals surface area contributed by atoms with Crippen molar-refractivity contribution >= 4 is 5.91 Å². The molecule has 2 nitrogen and oxygen atoms in total. The van der Waals surface area contributed by atoms with Gasteiger partial charge in [-0.3, -0.25) is 4.79 Å². The van der Waals surface area contributed by atoms with Crippen LogP contribution in [-0.2, 0) is 4.79 Å². The standard InChI is InChI=1S/C36H73NO/c1-5-8-11-13-15-18-22-26-30-35(31-27-23-19-16-14-12-9-6-2)32-28-24-20-17-21-25-29-34-37(4)36(38)33-10-7-3/h35H,5-34H2,1-4H3. The number of hydrogen-bond donors (Lipinski definition) is 0. The van der Waals surface area contributed by atoms with E-state index in [2.05, 4.69) is 20.8 Å². The van der Waals surface area contributed by atoms with E-state index in [1.807, 2.05) is 11.9 Å². The van der Waals surface area contributed by atoms with Gasteiger partial charge in [-0.25, -0.2) is 0 Å². The van der Waals surface area contributed by atoms with Gasteiger partial charge in [0.05, 0.1) is 0 Å². The summed E-state index contributed by atoms with van der Waals surface area (Å²) in [5.74, 6) is 1.33. The molecule has 1 amide bonds. The van der Waals surface area contributed by atoms with Crippen LogP contribution in [0.15, 0.2) is 0 Å². The average molecular weight is 536 g/mol. The van der Waals surface area contributed by atoms with E-state index in [1.54, 1.807) is 0 Å². The predicted octanol–water partition coefficient (Wildman–Crippen LogP) is 12.4. The van der Waals surface area contributed by atoms with Crippen molar-refractivity contribution in [3.05, 3.63) is 0 Å². The second-order valence-electron chi connectivity index (χ2n) is 12.6. The molecule has 228 valence electrons. The second kappa shape index (κ2) is 31.0. The van der Waals surface area contributed by atoms with Crippen LogP contribution in [0.2, 0.25) is 0 Å². The van der Waals surface area contributed by atoms with Crippen LogP contribution < -0.4 is 0 Å². The fourth-order valence-corrected chi connectivity index (χ4v) is 5.88. The Balaban J connectivity index is 3.93. The van der Waals surface area contributed by atoms with Crippen molar-refractivity contribution in [1.82, 2.24) is 4.90 Å². The van der Waals surface area contributed by atoms with Crippen LogP contribution in [0.5, 0.6) is 0 Å². The van der Waals surface area contributed by atoms with Gasteiger partial charge >= 0.3 is 0 Å². The first-order chi connectivity index (χ1) is 18.7. The van der Waals surface area contributed by atoms with Crippen molar-refractivity contribution in [2.24, 2.45) is 5.92 Å². The highest BCUT2D eigenvalue weighted by Gasteiger charge is 2.09. The molecule has 0 saturated carbocycles. The number of unbranched alkanes of at least 4 members (excludes halogenated alkanes) is 21. The molecule has 2 heteroatoms. The summed E-state index contributed by atoms with van der Waals surface area (Å²) in [6.07, 6.45) is 40.0. The molecule has 0 spiro atoms. The zero-order valence-corrected chi connectivity index (χ0v) is 27.1. The predicted molar refractivity (Wildman–Crippen MR) is 172 cm³/mol. The summed E-state index contributed by atoms with van der Waals surface area (Å²) >= 11 is 0. The highest BCUT2D eigenvalue weighted by Crippen LogP contribution is 2.25. The maximum atomic E-state index is 12.0. The first-order valence-electron chi connectivity index (χ1n) is 17.9. The number of hydrogen-bond acceptors (Lipinski definition) is 1. The lowest BCUT2D eigenvalue weighted by Crippen LogP contribution is -2.27. The summed E-state index contributed by atoms with van der Waals surface area (Å²) in [5, 5.41) is 0. The average Bonchev–Trinajstić information content (AvgIpc) is 2.92. The second-order valence-corrected chi connectivity index (χ2v) is 12.6. The minimum Gasteiger partial charge on any atom is -0.346 e. The zero-order valence-electron chi connectivity index (χ0n) is 27.1. The Labute approximate surface area is 241 Å². The van der Waals surface area contributed by atoms with Crippen molar-refractivity contribution in [2.45, 2.75) is 207 Å². The third-order valence-corrected chi connectivity index (χ3v) is 8.71. The van der Waals surface area contributed by atoms with Gasteiger partial charge in [0.2, 0.25) is 5.91 Å². The molecule has 38 heavy (non-hydrogen) atoms. The van der Waals surface area contributed by atoms with Crippen molar-refractivity contribution in [3.8, 4) is 0 Å². The van der Waals surface area contributed by atoms with Gasteiger partial charge in [-0.15, -0.1) is 0 Å². The molecule has 0 aromatic rings. The molecule has 0 aliphatic rings. The molecule has 0 aromatic carbocycles. The number of amides is 1. The Morgan fingerprint density at radius 2 is 0.763 bits per heavy atom. The van der Waals surface area contributed by atoms with Crippen LogP contribution in [0.4, 0.5) is 0 Å². The third kappa shape index (κ3) is 27.1. The van der Waals surface area contributed by atoms with Crippen molar-refractivity contribution in [2.75, 3.05) is 13.6 Å². The van der Waals surface area contributed by atoms with Gasteiger partial charge < -0.3 is 4.90 Å². The van der Waals surface area contributed by atoms with Gasteiger partial charge in [0.25, 0.3) is 0 Å². The molecule has 0 aliphatic heterocycles. The maximum absolute atomic E-state index is 12.0. The molecular weight excluding hydrogens is 462 g/mol. The van der Waals surface area contributed by atoms with Crippen LogP contribution >= 0.6 is 0 Å². The smallest absolute Gasteiger partial charge is 0.222 e. The zero-order chi connectivity index (χ0) is 27.9. The van der Waals surface area contributed by atoms with E-state index in [4.69, 9.17) is 0 Å². The molecule has 0 bridgehead atoms. The number of carbonyl (C=O) groups excluding carboxylic acids is 1. The Morgan fingerprint density at radius 3 is 1.13 bits per heavy atom. The van der Waals surface area contributed by atoms with E-state index in [0.717, 1.165) is 31.7 Å². The van der Waals surface area contributed by atoms with Gasteiger partial charge in [-0.1, -0.05) is 188 Å². The minimum absolute atomic E-state index is 0.334. The third-order valence-electron chi connectivity index (χ3n) is 8.71. The molecule has 0 rings (SSSR count). The SMILES string of the molecule is CCCCCCCCCCC(CCCCCCCCCC)CCCCCCCCCN(C)C(=O)CCCC. The molecule has 0 aliphatic carbocycles. The minimum atomic E-state index is 0.334.